The van der Waals surface area contributed by atoms with Crippen LogP contribution in [0.15, 0.2) is 23.1 Å². The normalized spacial score (nSPS) is 19.8. The number of hydrogen-bond donors (Lipinski definition) is 1. The molecule has 0 unspecified atom stereocenters. The summed E-state index contributed by atoms with van der Waals surface area (Å²) in [5.74, 6) is 0.485. The van der Waals surface area contributed by atoms with Gasteiger partial charge < -0.3 is 4.90 Å². The van der Waals surface area contributed by atoms with E-state index in [0.717, 1.165) is 24.0 Å². The van der Waals surface area contributed by atoms with Crippen molar-refractivity contribution in [3.05, 3.63) is 29.3 Å². The summed E-state index contributed by atoms with van der Waals surface area (Å²) in [6.07, 6.45) is 3.39. The Kier molecular flexibility index (Phi) is 4.47. The quantitative estimate of drug-likeness (QED) is 0.914. The highest BCUT2D eigenvalue weighted by atomic mass is 32.2. The Morgan fingerprint density at radius 1 is 1.09 bits per heavy atom. The molecule has 0 aromatic heterocycles. The lowest BCUT2D eigenvalue weighted by Gasteiger charge is -2.32. The molecular formula is C17H24N2O3S. The smallest absolute Gasteiger partial charge is 0.240 e. The monoisotopic (exact) mass is 336 g/mol. The minimum absolute atomic E-state index is 0.0927. The van der Waals surface area contributed by atoms with Gasteiger partial charge in [0.05, 0.1) is 4.90 Å². The van der Waals surface area contributed by atoms with Gasteiger partial charge in [-0.2, -0.15) is 0 Å². The maximum Gasteiger partial charge on any atom is 0.240 e. The summed E-state index contributed by atoms with van der Waals surface area (Å²) >= 11 is 0. The van der Waals surface area contributed by atoms with Gasteiger partial charge in [0.2, 0.25) is 15.9 Å². The molecule has 126 valence electrons. The molecular weight excluding hydrogens is 312 g/mol. The fourth-order valence-corrected chi connectivity index (χ4v) is 4.36. The average molecular weight is 336 g/mol. The number of carbonyl (C=O) groups is 1. The Hall–Kier alpha value is -1.40. The number of likely N-dealkylation sites (tertiary alicyclic amines) is 1. The summed E-state index contributed by atoms with van der Waals surface area (Å²) < 4.78 is 27.8. The first-order valence-electron chi connectivity index (χ1n) is 8.25. The second-order valence-corrected chi connectivity index (χ2v) is 8.46. The molecule has 3 rings (SSSR count). The number of nitrogens with zero attached hydrogens (tertiary/aromatic N) is 1. The molecule has 0 radical (unpaired) electrons. The van der Waals surface area contributed by atoms with Gasteiger partial charge >= 0.3 is 0 Å². The topological polar surface area (TPSA) is 66.5 Å². The van der Waals surface area contributed by atoms with Crippen molar-refractivity contribution in [3.63, 3.8) is 0 Å². The summed E-state index contributed by atoms with van der Waals surface area (Å²) in [4.78, 5) is 14.2. The third-order valence-corrected chi connectivity index (χ3v) is 6.36. The molecule has 0 spiro atoms. The summed E-state index contributed by atoms with van der Waals surface area (Å²) in [5, 5.41) is 0. The first-order chi connectivity index (χ1) is 10.9. The van der Waals surface area contributed by atoms with E-state index in [1.165, 1.54) is 0 Å². The Morgan fingerprint density at radius 3 is 2.30 bits per heavy atom. The first kappa shape index (κ1) is 16.5. The van der Waals surface area contributed by atoms with Crippen molar-refractivity contribution >= 4 is 15.9 Å². The molecule has 23 heavy (non-hydrogen) atoms. The Morgan fingerprint density at radius 2 is 1.74 bits per heavy atom. The van der Waals surface area contributed by atoms with Gasteiger partial charge in [0, 0.05) is 25.0 Å². The van der Waals surface area contributed by atoms with Crippen molar-refractivity contribution in [2.45, 2.75) is 50.5 Å². The highest BCUT2D eigenvalue weighted by molar-refractivity contribution is 7.89. The zero-order valence-electron chi connectivity index (χ0n) is 13.7. The Bertz CT molecular complexity index is 703. The van der Waals surface area contributed by atoms with E-state index >= 15 is 0 Å². The van der Waals surface area contributed by atoms with Crippen LogP contribution >= 0.6 is 0 Å². The molecule has 0 bridgehead atoms. The molecule has 1 saturated carbocycles. The number of nitrogens with one attached hydrogen (secondary N) is 1. The summed E-state index contributed by atoms with van der Waals surface area (Å²) in [7, 11) is -3.49. The molecule has 1 aliphatic carbocycles. The van der Waals surface area contributed by atoms with E-state index in [9.17, 15) is 13.2 Å². The first-order valence-corrected chi connectivity index (χ1v) is 9.73. The minimum atomic E-state index is -3.49. The van der Waals surface area contributed by atoms with Crippen molar-refractivity contribution in [1.29, 1.82) is 0 Å². The van der Waals surface area contributed by atoms with Crippen molar-refractivity contribution < 1.29 is 13.2 Å². The highest BCUT2D eigenvalue weighted by Crippen LogP contribution is 2.32. The Balaban J connectivity index is 1.60. The zero-order valence-corrected chi connectivity index (χ0v) is 14.5. The van der Waals surface area contributed by atoms with Crippen LogP contribution in [0, 0.1) is 19.8 Å². The summed E-state index contributed by atoms with van der Waals surface area (Å²) in [6, 6.07) is 5.10. The van der Waals surface area contributed by atoms with Crippen LogP contribution in [-0.4, -0.2) is 38.4 Å². The number of carbonyl (C=O) groups excluding carboxylic acids is 1. The number of sulfonamides is 1. The lowest BCUT2D eigenvalue weighted by molar-refractivity contribution is -0.133. The van der Waals surface area contributed by atoms with Crippen LogP contribution < -0.4 is 4.72 Å². The summed E-state index contributed by atoms with van der Waals surface area (Å²) in [5.41, 5.74) is 2.05. The molecule has 1 aromatic carbocycles. The second kappa shape index (κ2) is 6.24. The van der Waals surface area contributed by atoms with E-state index in [0.29, 0.717) is 30.8 Å². The van der Waals surface area contributed by atoms with Crippen LogP contribution in [0.25, 0.3) is 0 Å². The maximum absolute atomic E-state index is 12.5. The van der Waals surface area contributed by atoms with Crippen molar-refractivity contribution in [2.24, 2.45) is 5.92 Å². The number of amides is 1. The zero-order chi connectivity index (χ0) is 16.6. The number of aryl methyl sites for hydroxylation is 2. The van der Waals surface area contributed by atoms with Gasteiger partial charge in [0.1, 0.15) is 0 Å². The van der Waals surface area contributed by atoms with Crippen LogP contribution in [0.1, 0.15) is 36.8 Å². The third kappa shape index (κ3) is 3.75. The van der Waals surface area contributed by atoms with E-state index in [-0.39, 0.29) is 17.9 Å². The predicted molar refractivity (Wildman–Crippen MR) is 88.6 cm³/mol. The van der Waals surface area contributed by atoms with Crippen LogP contribution in [0.5, 0.6) is 0 Å². The molecule has 1 saturated heterocycles. The molecule has 1 N–H and O–H groups in total. The van der Waals surface area contributed by atoms with E-state index in [2.05, 4.69) is 4.72 Å². The fourth-order valence-electron chi connectivity index (χ4n) is 2.97. The van der Waals surface area contributed by atoms with Gasteiger partial charge in [0.25, 0.3) is 0 Å². The van der Waals surface area contributed by atoms with Gasteiger partial charge in [-0.1, -0.05) is 6.07 Å². The van der Waals surface area contributed by atoms with E-state index in [1.807, 2.05) is 24.8 Å². The molecule has 1 aliphatic heterocycles. The number of benzene rings is 1. The molecule has 2 fully saturated rings. The SMILES string of the molecule is Cc1ccc(S(=O)(=O)NC2CCN(C(=O)C3CC3)CC2)cc1C. The number of hydrogen-bond acceptors (Lipinski definition) is 3. The number of rotatable bonds is 4. The van der Waals surface area contributed by atoms with E-state index in [1.54, 1.807) is 12.1 Å². The average Bonchev–Trinajstić information content (AvgIpc) is 3.34. The fraction of sp³-hybridized carbons (Fsp3) is 0.588. The van der Waals surface area contributed by atoms with Gasteiger partial charge in [-0.25, -0.2) is 13.1 Å². The predicted octanol–water partition coefficient (Wildman–Crippen LogP) is 1.98. The lowest BCUT2D eigenvalue weighted by Crippen LogP contribution is -2.46. The standard InChI is InChI=1S/C17H24N2O3S/c1-12-3-6-16(11-13(12)2)23(21,22)18-15-7-9-19(10-8-15)17(20)14-4-5-14/h3,6,11,14-15,18H,4-5,7-10H2,1-2H3. The van der Waals surface area contributed by atoms with Gasteiger partial charge in [-0.05, 0) is 62.8 Å². The van der Waals surface area contributed by atoms with E-state index in [4.69, 9.17) is 0 Å². The van der Waals surface area contributed by atoms with Gasteiger partial charge in [-0.3, -0.25) is 4.79 Å². The Labute approximate surface area is 138 Å². The van der Waals surface area contributed by atoms with Crippen LogP contribution in [-0.2, 0) is 14.8 Å². The third-order valence-electron chi connectivity index (χ3n) is 4.84. The second-order valence-electron chi connectivity index (χ2n) is 6.74. The minimum Gasteiger partial charge on any atom is -0.342 e. The van der Waals surface area contributed by atoms with Gasteiger partial charge in [-0.15, -0.1) is 0 Å². The molecule has 5 nitrogen and oxygen atoms in total. The summed E-state index contributed by atoms with van der Waals surface area (Å²) in [6.45, 7) is 5.17. The van der Waals surface area contributed by atoms with Crippen molar-refractivity contribution in [3.8, 4) is 0 Å². The molecule has 0 atom stereocenters. The van der Waals surface area contributed by atoms with E-state index < -0.39 is 10.0 Å². The van der Waals surface area contributed by atoms with Crippen LogP contribution in [0.2, 0.25) is 0 Å². The van der Waals surface area contributed by atoms with Gasteiger partial charge in [0.15, 0.2) is 0 Å². The highest BCUT2D eigenvalue weighted by Gasteiger charge is 2.35. The maximum atomic E-state index is 12.5. The molecule has 1 amide bonds. The number of piperidine rings is 1. The largest absolute Gasteiger partial charge is 0.342 e. The molecule has 2 aliphatic rings. The van der Waals surface area contributed by atoms with Crippen LogP contribution in [0.3, 0.4) is 0 Å². The molecule has 1 aromatic rings. The van der Waals surface area contributed by atoms with Crippen LogP contribution in [0.4, 0.5) is 0 Å². The van der Waals surface area contributed by atoms with Crippen molar-refractivity contribution in [1.82, 2.24) is 9.62 Å². The van der Waals surface area contributed by atoms with Crippen molar-refractivity contribution in [2.75, 3.05) is 13.1 Å². The lowest BCUT2D eigenvalue weighted by atomic mass is 10.1. The molecule has 6 heteroatoms. The molecule has 1 heterocycles.